The van der Waals surface area contributed by atoms with Gasteiger partial charge in [0.1, 0.15) is 0 Å². The van der Waals surface area contributed by atoms with Gasteiger partial charge in [-0.15, -0.1) is 11.3 Å². The van der Waals surface area contributed by atoms with Crippen molar-refractivity contribution in [3.8, 4) is 0 Å². The fourth-order valence-corrected chi connectivity index (χ4v) is 4.11. The molecule has 2 unspecified atom stereocenters. The lowest BCUT2D eigenvalue weighted by atomic mass is 9.94. The highest BCUT2D eigenvalue weighted by Gasteiger charge is 2.26. The molecule has 0 bridgehead atoms. The smallest absolute Gasteiger partial charge is 0.0345 e. The van der Waals surface area contributed by atoms with E-state index in [1.54, 1.807) is 5.56 Å². The van der Waals surface area contributed by atoms with E-state index in [9.17, 15) is 0 Å². The van der Waals surface area contributed by atoms with Crippen molar-refractivity contribution in [2.45, 2.75) is 31.7 Å². The van der Waals surface area contributed by atoms with Gasteiger partial charge in [-0.05, 0) is 54.6 Å². The topological polar surface area (TPSA) is 12.0 Å². The van der Waals surface area contributed by atoms with Crippen LogP contribution in [0.1, 0.15) is 24.8 Å². The number of hydrogen-bond acceptors (Lipinski definition) is 2. The quantitative estimate of drug-likeness (QED) is 0.866. The Labute approximate surface area is 107 Å². The van der Waals surface area contributed by atoms with Gasteiger partial charge in [0.25, 0.3) is 0 Å². The van der Waals surface area contributed by atoms with Crippen LogP contribution in [0.15, 0.2) is 29.6 Å². The molecule has 2 heteroatoms. The lowest BCUT2D eigenvalue weighted by molar-refractivity contribution is 0.425. The van der Waals surface area contributed by atoms with Gasteiger partial charge in [-0.25, -0.2) is 0 Å². The maximum absolute atomic E-state index is 3.48. The van der Waals surface area contributed by atoms with Crippen molar-refractivity contribution in [2.75, 3.05) is 7.05 Å². The average molecular weight is 245 g/mol. The van der Waals surface area contributed by atoms with E-state index in [-0.39, 0.29) is 0 Å². The van der Waals surface area contributed by atoms with Crippen LogP contribution in [0.5, 0.6) is 0 Å². The molecule has 2 atom stereocenters. The monoisotopic (exact) mass is 245 g/mol. The predicted molar refractivity (Wildman–Crippen MR) is 75.7 cm³/mol. The van der Waals surface area contributed by atoms with Crippen LogP contribution in [0.4, 0.5) is 0 Å². The van der Waals surface area contributed by atoms with Gasteiger partial charge in [0.05, 0.1) is 0 Å². The van der Waals surface area contributed by atoms with Gasteiger partial charge in [-0.2, -0.15) is 0 Å². The fourth-order valence-electron chi connectivity index (χ4n) is 3.13. The summed E-state index contributed by atoms with van der Waals surface area (Å²) in [5.74, 6) is 0.831. The minimum atomic E-state index is 0.730. The van der Waals surface area contributed by atoms with Crippen molar-refractivity contribution >= 4 is 21.4 Å². The summed E-state index contributed by atoms with van der Waals surface area (Å²) in [5.41, 5.74) is 1.55. The minimum Gasteiger partial charge on any atom is -0.317 e. The van der Waals surface area contributed by atoms with Crippen LogP contribution in [0.2, 0.25) is 0 Å². The third-order valence-electron chi connectivity index (χ3n) is 4.07. The Kier molecular flexibility index (Phi) is 3.17. The average Bonchev–Trinajstić information content (AvgIpc) is 2.97. The number of benzene rings is 1. The molecule has 0 radical (unpaired) electrons. The van der Waals surface area contributed by atoms with Crippen LogP contribution in [0, 0.1) is 5.92 Å². The molecule has 1 aromatic heterocycles. The van der Waals surface area contributed by atoms with Crippen molar-refractivity contribution in [3.05, 3.63) is 35.2 Å². The van der Waals surface area contributed by atoms with Crippen molar-refractivity contribution in [1.82, 2.24) is 5.32 Å². The highest BCUT2D eigenvalue weighted by molar-refractivity contribution is 7.17. The molecule has 3 rings (SSSR count). The van der Waals surface area contributed by atoms with Crippen LogP contribution < -0.4 is 5.32 Å². The summed E-state index contributed by atoms with van der Waals surface area (Å²) in [6.07, 6.45) is 5.37. The number of fused-ring (bicyclic) bond motifs is 1. The second-order valence-corrected chi connectivity index (χ2v) is 5.96. The molecule has 0 amide bonds. The summed E-state index contributed by atoms with van der Waals surface area (Å²) < 4.78 is 1.43. The Morgan fingerprint density at radius 1 is 1.29 bits per heavy atom. The second kappa shape index (κ2) is 4.79. The fraction of sp³-hybridized carbons (Fsp3) is 0.467. The zero-order valence-corrected chi connectivity index (χ0v) is 11.1. The molecule has 1 aromatic carbocycles. The first-order valence-electron chi connectivity index (χ1n) is 6.51. The number of hydrogen-bond donors (Lipinski definition) is 1. The largest absolute Gasteiger partial charge is 0.317 e. The maximum Gasteiger partial charge on any atom is 0.0345 e. The van der Waals surface area contributed by atoms with Gasteiger partial charge in [0, 0.05) is 10.7 Å². The van der Waals surface area contributed by atoms with Crippen molar-refractivity contribution in [2.24, 2.45) is 5.92 Å². The van der Waals surface area contributed by atoms with Crippen LogP contribution in [0.25, 0.3) is 10.1 Å². The van der Waals surface area contributed by atoms with Crippen molar-refractivity contribution in [3.63, 3.8) is 0 Å². The standard InChI is InChI=1S/C15H19NS/c1-16-14-7-4-5-11(14)9-12-10-17-15-8-3-2-6-13(12)15/h2-3,6,8,10-11,14,16H,4-5,7,9H2,1H3. The Morgan fingerprint density at radius 3 is 3.06 bits per heavy atom. The molecule has 17 heavy (non-hydrogen) atoms. The molecule has 1 aliphatic carbocycles. The molecule has 1 nitrogen and oxygen atoms in total. The summed E-state index contributed by atoms with van der Waals surface area (Å²) in [5, 5.41) is 7.31. The summed E-state index contributed by atoms with van der Waals surface area (Å²) in [6, 6.07) is 9.52. The minimum absolute atomic E-state index is 0.730. The lowest BCUT2D eigenvalue weighted by Crippen LogP contribution is -2.29. The Morgan fingerprint density at radius 2 is 2.18 bits per heavy atom. The third kappa shape index (κ3) is 2.12. The summed E-state index contributed by atoms with van der Waals surface area (Å²) >= 11 is 1.89. The van der Waals surface area contributed by atoms with Gasteiger partial charge in [0.15, 0.2) is 0 Å². The summed E-state index contributed by atoms with van der Waals surface area (Å²) in [6.45, 7) is 0. The van der Waals surface area contributed by atoms with Gasteiger partial charge < -0.3 is 5.32 Å². The SMILES string of the molecule is CNC1CCCC1Cc1csc2ccccc12. The lowest BCUT2D eigenvalue weighted by Gasteiger charge is -2.18. The predicted octanol–water partition coefficient (Wildman–Crippen LogP) is 3.83. The van der Waals surface area contributed by atoms with E-state index in [1.807, 2.05) is 11.3 Å². The number of thiophene rings is 1. The van der Waals surface area contributed by atoms with E-state index >= 15 is 0 Å². The normalized spacial score (nSPS) is 24.5. The molecule has 1 heterocycles. The first-order valence-corrected chi connectivity index (χ1v) is 7.39. The van der Waals surface area contributed by atoms with Gasteiger partial charge in [-0.3, -0.25) is 0 Å². The molecular weight excluding hydrogens is 226 g/mol. The van der Waals surface area contributed by atoms with Crippen LogP contribution >= 0.6 is 11.3 Å². The van der Waals surface area contributed by atoms with Crippen molar-refractivity contribution < 1.29 is 0 Å². The van der Waals surface area contributed by atoms with E-state index < -0.39 is 0 Å². The molecule has 0 aliphatic heterocycles. The van der Waals surface area contributed by atoms with Gasteiger partial charge in [0.2, 0.25) is 0 Å². The molecule has 1 fully saturated rings. The number of nitrogens with one attached hydrogen (secondary N) is 1. The highest BCUT2D eigenvalue weighted by Crippen LogP contribution is 2.33. The van der Waals surface area contributed by atoms with Crippen LogP contribution in [-0.2, 0) is 6.42 Å². The Hall–Kier alpha value is -0.860. The van der Waals surface area contributed by atoms with E-state index in [4.69, 9.17) is 0 Å². The molecule has 2 aromatic rings. The Balaban J connectivity index is 1.85. The first-order chi connectivity index (χ1) is 8.38. The van der Waals surface area contributed by atoms with E-state index in [1.165, 1.54) is 35.8 Å². The molecule has 0 saturated heterocycles. The highest BCUT2D eigenvalue weighted by atomic mass is 32.1. The zero-order valence-electron chi connectivity index (χ0n) is 10.3. The number of rotatable bonds is 3. The third-order valence-corrected chi connectivity index (χ3v) is 5.09. The first kappa shape index (κ1) is 11.2. The summed E-state index contributed by atoms with van der Waals surface area (Å²) in [7, 11) is 2.11. The van der Waals surface area contributed by atoms with Gasteiger partial charge >= 0.3 is 0 Å². The van der Waals surface area contributed by atoms with Gasteiger partial charge in [-0.1, -0.05) is 24.6 Å². The molecule has 0 spiro atoms. The Bertz CT molecular complexity index is 502. The van der Waals surface area contributed by atoms with E-state index in [0.717, 1.165) is 12.0 Å². The molecule has 1 saturated carbocycles. The molecular formula is C15H19NS. The second-order valence-electron chi connectivity index (χ2n) is 5.05. The molecule has 90 valence electrons. The molecule has 1 aliphatic rings. The maximum atomic E-state index is 3.48. The zero-order chi connectivity index (χ0) is 11.7. The van der Waals surface area contributed by atoms with E-state index in [0.29, 0.717) is 0 Å². The summed E-state index contributed by atoms with van der Waals surface area (Å²) in [4.78, 5) is 0. The van der Waals surface area contributed by atoms with Crippen molar-refractivity contribution in [1.29, 1.82) is 0 Å². The van der Waals surface area contributed by atoms with E-state index in [2.05, 4.69) is 42.0 Å². The van der Waals surface area contributed by atoms with Crippen LogP contribution in [-0.4, -0.2) is 13.1 Å². The molecule has 1 N–H and O–H groups in total. The van der Waals surface area contributed by atoms with Crippen LogP contribution in [0.3, 0.4) is 0 Å².